The van der Waals surface area contributed by atoms with Crippen molar-refractivity contribution in [3.8, 4) is 11.3 Å². The van der Waals surface area contributed by atoms with E-state index in [0.717, 1.165) is 0 Å². The zero-order valence-electron chi connectivity index (χ0n) is 17.0. The molecule has 0 aliphatic carbocycles. The first-order valence-corrected chi connectivity index (χ1v) is 10.7. The van der Waals surface area contributed by atoms with Crippen LogP contribution in [0.5, 0.6) is 0 Å². The number of carbonyl (C=O) groups excluding carboxylic acids is 2. The number of nitrogens with one attached hydrogen (secondary N) is 1. The molecule has 0 bridgehead atoms. The zero-order valence-corrected chi connectivity index (χ0v) is 17.9. The van der Waals surface area contributed by atoms with Crippen LogP contribution in [0, 0.1) is 16.0 Å². The van der Waals surface area contributed by atoms with Crippen molar-refractivity contribution in [3.05, 3.63) is 39.8 Å². The summed E-state index contributed by atoms with van der Waals surface area (Å²) in [5, 5.41) is 15.9. The molecule has 0 radical (unpaired) electrons. The van der Waals surface area contributed by atoms with Crippen LogP contribution in [-0.2, 0) is 9.59 Å². The third-order valence-corrected chi connectivity index (χ3v) is 5.54. The second-order valence-corrected chi connectivity index (χ2v) is 8.51. The second kappa shape index (κ2) is 9.77. The van der Waals surface area contributed by atoms with Crippen molar-refractivity contribution in [2.24, 2.45) is 5.92 Å². The van der Waals surface area contributed by atoms with E-state index in [1.807, 2.05) is 23.6 Å². The molecule has 1 aliphatic rings. The van der Waals surface area contributed by atoms with Crippen LogP contribution < -0.4 is 5.32 Å². The van der Waals surface area contributed by atoms with E-state index in [1.165, 1.54) is 23.5 Å². The van der Waals surface area contributed by atoms with Crippen LogP contribution in [0.3, 0.4) is 0 Å². The average molecular weight is 432 g/mol. The van der Waals surface area contributed by atoms with E-state index in [9.17, 15) is 19.7 Å². The Labute approximate surface area is 178 Å². The summed E-state index contributed by atoms with van der Waals surface area (Å²) in [4.78, 5) is 43.2. The highest BCUT2D eigenvalue weighted by Crippen LogP contribution is 2.27. The molecule has 0 saturated carbocycles. The molecule has 160 valence electrons. The van der Waals surface area contributed by atoms with E-state index in [4.69, 9.17) is 0 Å². The zero-order chi connectivity index (χ0) is 21.7. The van der Waals surface area contributed by atoms with Crippen LogP contribution >= 0.6 is 11.3 Å². The van der Waals surface area contributed by atoms with Crippen LogP contribution in [0.2, 0.25) is 0 Å². The SMILES string of the molecule is CC(C)CC(=O)N1CCN(CC(=O)Nc2nc(-c3cccc([N+](=O)[O-])c3)cs2)CC1. The Morgan fingerprint density at radius 2 is 2.00 bits per heavy atom. The van der Waals surface area contributed by atoms with E-state index in [0.29, 0.717) is 54.9 Å². The van der Waals surface area contributed by atoms with Crippen molar-refractivity contribution in [1.29, 1.82) is 0 Å². The summed E-state index contributed by atoms with van der Waals surface area (Å²) in [5.41, 5.74) is 1.21. The normalized spacial score (nSPS) is 14.7. The van der Waals surface area contributed by atoms with Gasteiger partial charge in [-0.2, -0.15) is 0 Å². The van der Waals surface area contributed by atoms with Gasteiger partial charge in [-0.15, -0.1) is 11.3 Å². The largest absolute Gasteiger partial charge is 0.340 e. The van der Waals surface area contributed by atoms with Gasteiger partial charge in [0.05, 0.1) is 17.2 Å². The molecule has 1 aromatic heterocycles. The molecule has 30 heavy (non-hydrogen) atoms. The molecule has 0 spiro atoms. The molecule has 2 amide bonds. The summed E-state index contributed by atoms with van der Waals surface area (Å²) in [7, 11) is 0. The minimum Gasteiger partial charge on any atom is -0.340 e. The standard InChI is InChI=1S/C20H25N5O4S/c1-14(2)10-19(27)24-8-6-23(7-9-24)12-18(26)22-20-21-17(13-30-20)15-4-3-5-16(11-15)25(28)29/h3-5,11,13-14H,6-10,12H2,1-2H3,(H,21,22,26). The smallest absolute Gasteiger partial charge is 0.270 e. The molecule has 1 fully saturated rings. The Balaban J connectivity index is 1.50. The maximum atomic E-state index is 12.4. The molecule has 1 aliphatic heterocycles. The van der Waals surface area contributed by atoms with Gasteiger partial charge in [0.2, 0.25) is 11.8 Å². The summed E-state index contributed by atoms with van der Waals surface area (Å²) in [6.45, 7) is 6.88. The number of anilines is 1. The van der Waals surface area contributed by atoms with Gasteiger partial charge in [-0.3, -0.25) is 24.6 Å². The number of thiazole rings is 1. The second-order valence-electron chi connectivity index (χ2n) is 7.65. The Morgan fingerprint density at radius 1 is 1.27 bits per heavy atom. The summed E-state index contributed by atoms with van der Waals surface area (Å²) >= 11 is 1.27. The van der Waals surface area contributed by atoms with Gasteiger partial charge in [-0.05, 0) is 5.92 Å². The fourth-order valence-electron chi connectivity index (χ4n) is 3.24. The van der Waals surface area contributed by atoms with E-state index in [2.05, 4.69) is 10.3 Å². The topological polar surface area (TPSA) is 109 Å². The van der Waals surface area contributed by atoms with Gasteiger partial charge in [0.15, 0.2) is 5.13 Å². The number of carbonyl (C=O) groups is 2. The first-order chi connectivity index (χ1) is 14.3. The number of aromatic nitrogens is 1. The number of nitro benzene ring substituents is 1. The first-order valence-electron chi connectivity index (χ1n) is 9.82. The summed E-state index contributed by atoms with van der Waals surface area (Å²) < 4.78 is 0. The first kappa shape index (κ1) is 21.8. The minimum absolute atomic E-state index is 0.00268. The van der Waals surface area contributed by atoms with Gasteiger partial charge in [0.25, 0.3) is 5.69 Å². The van der Waals surface area contributed by atoms with Crippen molar-refractivity contribution >= 4 is 34.0 Å². The number of hydrogen-bond donors (Lipinski definition) is 1. The fraction of sp³-hybridized carbons (Fsp3) is 0.450. The lowest BCUT2D eigenvalue weighted by Crippen LogP contribution is -2.50. The highest BCUT2D eigenvalue weighted by Gasteiger charge is 2.23. The van der Waals surface area contributed by atoms with E-state index in [1.54, 1.807) is 17.5 Å². The molecular formula is C20H25N5O4S. The molecule has 1 saturated heterocycles. The Hall–Kier alpha value is -2.85. The molecule has 2 aromatic rings. The number of benzene rings is 1. The lowest BCUT2D eigenvalue weighted by Gasteiger charge is -2.34. The van der Waals surface area contributed by atoms with Crippen LogP contribution in [0.1, 0.15) is 20.3 Å². The molecular weight excluding hydrogens is 406 g/mol. The summed E-state index contributed by atoms with van der Waals surface area (Å²) in [6.07, 6.45) is 0.553. The average Bonchev–Trinajstić information content (AvgIpc) is 3.16. The van der Waals surface area contributed by atoms with Crippen LogP contribution in [0.15, 0.2) is 29.6 Å². The van der Waals surface area contributed by atoms with E-state index >= 15 is 0 Å². The Morgan fingerprint density at radius 3 is 2.67 bits per heavy atom. The van der Waals surface area contributed by atoms with Gasteiger partial charge in [-0.1, -0.05) is 26.0 Å². The monoisotopic (exact) mass is 431 g/mol. The number of rotatable bonds is 7. The summed E-state index contributed by atoms with van der Waals surface area (Å²) in [5.74, 6) is 0.342. The lowest BCUT2D eigenvalue weighted by atomic mass is 10.1. The Bertz CT molecular complexity index is 921. The highest BCUT2D eigenvalue weighted by molar-refractivity contribution is 7.14. The molecule has 1 aromatic carbocycles. The van der Waals surface area contributed by atoms with Crippen molar-refractivity contribution < 1.29 is 14.5 Å². The van der Waals surface area contributed by atoms with Crippen LogP contribution in [0.25, 0.3) is 11.3 Å². The number of nitrogens with zero attached hydrogens (tertiary/aromatic N) is 4. The third-order valence-electron chi connectivity index (χ3n) is 4.78. The van der Waals surface area contributed by atoms with Crippen molar-refractivity contribution in [2.45, 2.75) is 20.3 Å². The van der Waals surface area contributed by atoms with Crippen molar-refractivity contribution in [3.63, 3.8) is 0 Å². The molecule has 3 rings (SSSR count). The van der Waals surface area contributed by atoms with E-state index in [-0.39, 0.29) is 24.0 Å². The van der Waals surface area contributed by atoms with Gasteiger partial charge in [-0.25, -0.2) is 4.98 Å². The number of piperazine rings is 1. The van der Waals surface area contributed by atoms with Gasteiger partial charge >= 0.3 is 0 Å². The van der Waals surface area contributed by atoms with Gasteiger partial charge in [0.1, 0.15) is 0 Å². The fourth-order valence-corrected chi connectivity index (χ4v) is 3.97. The highest BCUT2D eigenvalue weighted by atomic mass is 32.1. The molecule has 10 heteroatoms. The maximum absolute atomic E-state index is 12.4. The lowest BCUT2D eigenvalue weighted by molar-refractivity contribution is -0.384. The van der Waals surface area contributed by atoms with Crippen LogP contribution in [0.4, 0.5) is 10.8 Å². The predicted molar refractivity (Wildman–Crippen MR) is 115 cm³/mol. The van der Waals surface area contributed by atoms with Crippen molar-refractivity contribution in [1.82, 2.24) is 14.8 Å². The van der Waals surface area contributed by atoms with Gasteiger partial charge < -0.3 is 10.2 Å². The number of amides is 2. The molecule has 0 unspecified atom stereocenters. The molecule has 1 N–H and O–H groups in total. The number of non-ortho nitro benzene ring substituents is 1. The van der Waals surface area contributed by atoms with Crippen LogP contribution in [-0.4, -0.2) is 64.2 Å². The third kappa shape index (κ3) is 5.83. The van der Waals surface area contributed by atoms with Gasteiger partial charge in [0, 0.05) is 55.7 Å². The molecule has 0 atom stereocenters. The molecule has 2 heterocycles. The quantitative estimate of drug-likeness (QED) is 0.533. The number of nitro groups is 1. The summed E-state index contributed by atoms with van der Waals surface area (Å²) in [6, 6.07) is 6.24. The van der Waals surface area contributed by atoms with E-state index < -0.39 is 4.92 Å². The Kier molecular flexibility index (Phi) is 7.11. The molecule has 9 nitrogen and oxygen atoms in total. The van der Waals surface area contributed by atoms with Crippen molar-refractivity contribution in [2.75, 3.05) is 38.0 Å². The number of hydrogen-bond acceptors (Lipinski definition) is 7. The maximum Gasteiger partial charge on any atom is 0.270 e. The minimum atomic E-state index is -0.450. The predicted octanol–water partition coefficient (Wildman–Crippen LogP) is 2.85.